The first kappa shape index (κ1) is 14.4. The molecule has 0 heterocycles. The van der Waals surface area contributed by atoms with Crippen molar-refractivity contribution in [1.29, 1.82) is 0 Å². The fourth-order valence-electron chi connectivity index (χ4n) is 1.62. The predicted octanol–water partition coefficient (Wildman–Crippen LogP) is 1.83. The molecule has 0 bridgehead atoms. The summed E-state index contributed by atoms with van der Waals surface area (Å²) in [4.78, 5) is 15.8. The van der Waals surface area contributed by atoms with Crippen LogP contribution in [0.2, 0.25) is 0 Å². The number of hydrogen-bond acceptors (Lipinski definition) is 2. The van der Waals surface area contributed by atoms with Crippen molar-refractivity contribution >= 4 is 5.91 Å². The Bertz CT molecular complexity index is 176. The predicted molar refractivity (Wildman–Crippen MR) is 64.9 cm³/mol. The summed E-state index contributed by atoms with van der Waals surface area (Å²) in [6.07, 6.45) is 1.07. The lowest BCUT2D eigenvalue weighted by Crippen LogP contribution is -2.33. The zero-order valence-corrected chi connectivity index (χ0v) is 10.9. The quantitative estimate of drug-likeness (QED) is 0.645. The molecule has 0 aliphatic carbocycles. The molecule has 0 spiro atoms. The second-order valence-corrected chi connectivity index (χ2v) is 4.29. The molecule has 0 rings (SSSR count). The van der Waals surface area contributed by atoms with Crippen LogP contribution in [0, 0.1) is 5.92 Å². The first-order chi connectivity index (χ1) is 7.02. The Morgan fingerprint density at radius 1 is 1.13 bits per heavy atom. The third kappa shape index (κ3) is 5.78. The van der Waals surface area contributed by atoms with Crippen molar-refractivity contribution < 1.29 is 4.79 Å². The summed E-state index contributed by atoms with van der Waals surface area (Å²) in [7, 11) is 1.89. The Balaban J connectivity index is 3.71. The Hall–Kier alpha value is -0.570. The van der Waals surface area contributed by atoms with Crippen molar-refractivity contribution in [3.8, 4) is 0 Å². The SMILES string of the molecule is CCN(CC)CCCN(C)C(=O)C(C)C. The van der Waals surface area contributed by atoms with Crippen molar-refractivity contribution in [2.75, 3.05) is 33.2 Å². The van der Waals surface area contributed by atoms with Gasteiger partial charge < -0.3 is 9.80 Å². The summed E-state index contributed by atoms with van der Waals surface area (Å²) < 4.78 is 0. The largest absolute Gasteiger partial charge is 0.345 e. The Morgan fingerprint density at radius 2 is 1.67 bits per heavy atom. The van der Waals surface area contributed by atoms with Crippen LogP contribution in [0.15, 0.2) is 0 Å². The van der Waals surface area contributed by atoms with E-state index in [9.17, 15) is 4.79 Å². The molecule has 0 aliphatic heterocycles. The van der Waals surface area contributed by atoms with Crippen molar-refractivity contribution in [2.24, 2.45) is 5.92 Å². The number of hydrogen-bond donors (Lipinski definition) is 0. The topological polar surface area (TPSA) is 23.6 Å². The number of rotatable bonds is 7. The van der Waals surface area contributed by atoms with Crippen molar-refractivity contribution in [1.82, 2.24) is 9.80 Å². The van der Waals surface area contributed by atoms with Gasteiger partial charge in [0.05, 0.1) is 0 Å². The highest BCUT2D eigenvalue weighted by molar-refractivity contribution is 5.77. The van der Waals surface area contributed by atoms with Gasteiger partial charge >= 0.3 is 0 Å². The van der Waals surface area contributed by atoms with Gasteiger partial charge in [-0.25, -0.2) is 0 Å². The van der Waals surface area contributed by atoms with E-state index < -0.39 is 0 Å². The maximum absolute atomic E-state index is 11.6. The molecule has 90 valence electrons. The minimum Gasteiger partial charge on any atom is -0.345 e. The third-order valence-electron chi connectivity index (χ3n) is 2.73. The van der Waals surface area contributed by atoms with Crippen LogP contribution >= 0.6 is 0 Å². The Kier molecular flexibility index (Phi) is 7.39. The van der Waals surface area contributed by atoms with Gasteiger partial charge in [0.25, 0.3) is 0 Å². The average molecular weight is 214 g/mol. The van der Waals surface area contributed by atoms with Gasteiger partial charge in [0.15, 0.2) is 0 Å². The van der Waals surface area contributed by atoms with E-state index >= 15 is 0 Å². The van der Waals surface area contributed by atoms with Crippen LogP contribution in [0.25, 0.3) is 0 Å². The number of carbonyl (C=O) groups is 1. The molecule has 0 atom stereocenters. The van der Waals surface area contributed by atoms with Crippen molar-refractivity contribution in [2.45, 2.75) is 34.1 Å². The molecule has 0 saturated heterocycles. The molecule has 3 heteroatoms. The lowest BCUT2D eigenvalue weighted by Gasteiger charge is -2.22. The second kappa shape index (κ2) is 7.69. The lowest BCUT2D eigenvalue weighted by atomic mass is 10.2. The molecule has 3 nitrogen and oxygen atoms in total. The van der Waals surface area contributed by atoms with Gasteiger partial charge in [-0.05, 0) is 26.1 Å². The van der Waals surface area contributed by atoms with Crippen LogP contribution in [0.1, 0.15) is 34.1 Å². The smallest absolute Gasteiger partial charge is 0.224 e. The Morgan fingerprint density at radius 3 is 2.07 bits per heavy atom. The molecule has 0 saturated carbocycles. The monoisotopic (exact) mass is 214 g/mol. The van der Waals surface area contributed by atoms with E-state index in [1.165, 1.54) is 0 Å². The van der Waals surface area contributed by atoms with Gasteiger partial charge in [-0.3, -0.25) is 4.79 Å². The van der Waals surface area contributed by atoms with Gasteiger partial charge in [-0.15, -0.1) is 0 Å². The van der Waals surface area contributed by atoms with E-state index in [1.54, 1.807) is 0 Å². The fraction of sp³-hybridized carbons (Fsp3) is 0.917. The summed E-state index contributed by atoms with van der Waals surface area (Å²) >= 11 is 0. The van der Waals surface area contributed by atoms with Crippen LogP contribution in [0.5, 0.6) is 0 Å². The zero-order chi connectivity index (χ0) is 11.8. The number of amides is 1. The van der Waals surface area contributed by atoms with Gasteiger partial charge in [-0.2, -0.15) is 0 Å². The highest BCUT2D eigenvalue weighted by Gasteiger charge is 2.12. The molecule has 0 aromatic rings. The first-order valence-corrected chi connectivity index (χ1v) is 6.00. The zero-order valence-electron chi connectivity index (χ0n) is 10.9. The maximum Gasteiger partial charge on any atom is 0.224 e. The van der Waals surface area contributed by atoms with E-state index in [1.807, 2.05) is 25.8 Å². The van der Waals surface area contributed by atoms with Crippen LogP contribution < -0.4 is 0 Å². The molecule has 1 amide bonds. The summed E-state index contributed by atoms with van der Waals surface area (Å²) in [6.45, 7) is 12.4. The third-order valence-corrected chi connectivity index (χ3v) is 2.73. The molecule has 0 aromatic carbocycles. The highest BCUT2D eigenvalue weighted by Crippen LogP contribution is 2.00. The number of nitrogens with zero attached hydrogens (tertiary/aromatic N) is 2. The summed E-state index contributed by atoms with van der Waals surface area (Å²) in [5, 5.41) is 0. The fourth-order valence-corrected chi connectivity index (χ4v) is 1.62. The van der Waals surface area contributed by atoms with Gasteiger partial charge in [-0.1, -0.05) is 27.7 Å². The minimum absolute atomic E-state index is 0.114. The van der Waals surface area contributed by atoms with E-state index in [0.29, 0.717) is 0 Å². The average Bonchev–Trinajstić information content (AvgIpc) is 2.22. The molecule has 15 heavy (non-hydrogen) atoms. The van der Waals surface area contributed by atoms with Gasteiger partial charge in [0.1, 0.15) is 0 Å². The van der Waals surface area contributed by atoms with E-state index in [4.69, 9.17) is 0 Å². The molecular formula is C12H26N2O. The van der Waals surface area contributed by atoms with Crippen LogP contribution in [0.3, 0.4) is 0 Å². The second-order valence-electron chi connectivity index (χ2n) is 4.29. The molecule has 0 fully saturated rings. The maximum atomic E-state index is 11.6. The molecule has 0 unspecified atom stereocenters. The van der Waals surface area contributed by atoms with Crippen LogP contribution in [-0.4, -0.2) is 48.9 Å². The molecular weight excluding hydrogens is 188 g/mol. The van der Waals surface area contributed by atoms with Crippen LogP contribution in [0.4, 0.5) is 0 Å². The minimum atomic E-state index is 0.114. The standard InChI is InChI=1S/C12H26N2O/c1-6-14(7-2)10-8-9-13(5)12(15)11(3)4/h11H,6-10H2,1-5H3. The van der Waals surface area contributed by atoms with E-state index in [0.717, 1.165) is 32.6 Å². The van der Waals surface area contributed by atoms with Crippen LogP contribution in [-0.2, 0) is 4.79 Å². The summed E-state index contributed by atoms with van der Waals surface area (Å²) in [5.41, 5.74) is 0. The van der Waals surface area contributed by atoms with Gasteiger partial charge in [0.2, 0.25) is 5.91 Å². The van der Waals surface area contributed by atoms with E-state index in [2.05, 4.69) is 18.7 Å². The summed E-state index contributed by atoms with van der Waals surface area (Å²) in [6, 6.07) is 0. The van der Waals surface area contributed by atoms with Crippen molar-refractivity contribution in [3.63, 3.8) is 0 Å². The van der Waals surface area contributed by atoms with E-state index in [-0.39, 0.29) is 11.8 Å². The Labute approximate surface area is 94.4 Å². The van der Waals surface area contributed by atoms with Crippen molar-refractivity contribution in [3.05, 3.63) is 0 Å². The van der Waals surface area contributed by atoms with Gasteiger partial charge in [0, 0.05) is 19.5 Å². The molecule has 0 aromatic heterocycles. The molecule has 0 N–H and O–H groups in total. The normalized spacial score (nSPS) is 11.1. The number of carbonyl (C=O) groups excluding carboxylic acids is 1. The molecule has 0 aliphatic rings. The first-order valence-electron chi connectivity index (χ1n) is 6.00. The highest BCUT2D eigenvalue weighted by atomic mass is 16.2. The lowest BCUT2D eigenvalue weighted by molar-refractivity contribution is -0.133. The molecule has 0 radical (unpaired) electrons. The summed E-state index contributed by atoms with van der Waals surface area (Å²) in [5.74, 6) is 0.359.